The molecule has 2 aliphatic heterocycles. The molecule has 70 valence electrons. The van der Waals surface area contributed by atoms with Gasteiger partial charge in [0.2, 0.25) is 0 Å². The maximum atomic E-state index is 2.76. The van der Waals surface area contributed by atoms with E-state index in [1.807, 2.05) is 0 Å². The molecule has 0 amide bonds. The molecule has 0 aliphatic carbocycles. The molecular formula is C11H21N. The van der Waals surface area contributed by atoms with E-state index in [9.17, 15) is 0 Å². The summed E-state index contributed by atoms with van der Waals surface area (Å²) in [5, 5.41) is 0. The molecule has 0 aromatic heterocycles. The minimum atomic E-state index is 0.499. The summed E-state index contributed by atoms with van der Waals surface area (Å²) in [6, 6.07) is 1.82. The Kier molecular flexibility index (Phi) is 1.95. The normalized spacial score (nSPS) is 37.2. The van der Waals surface area contributed by atoms with Gasteiger partial charge in [0, 0.05) is 12.1 Å². The molecule has 2 heterocycles. The van der Waals surface area contributed by atoms with Crippen LogP contribution in [0.2, 0.25) is 0 Å². The van der Waals surface area contributed by atoms with E-state index in [0.717, 1.165) is 12.1 Å². The Morgan fingerprint density at radius 2 is 1.83 bits per heavy atom. The highest BCUT2D eigenvalue weighted by Gasteiger charge is 2.41. The van der Waals surface area contributed by atoms with E-state index >= 15 is 0 Å². The fourth-order valence-electron chi connectivity index (χ4n) is 3.02. The highest BCUT2D eigenvalue weighted by molar-refractivity contribution is 4.96. The van der Waals surface area contributed by atoms with E-state index in [0.29, 0.717) is 5.41 Å². The van der Waals surface area contributed by atoms with Crippen molar-refractivity contribution in [2.45, 2.75) is 58.5 Å². The third kappa shape index (κ3) is 1.28. The SMILES string of the molecule is CC(C)(C)[C@@H]1CC[C@@H]2CCCN21. The van der Waals surface area contributed by atoms with Crippen molar-refractivity contribution in [1.82, 2.24) is 4.90 Å². The minimum Gasteiger partial charge on any atom is -0.297 e. The predicted molar refractivity (Wildman–Crippen MR) is 52.2 cm³/mol. The van der Waals surface area contributed by atoms with Gasteiger partial charge in [-0.2, -0.15) is 0 Å². The summed E-state index contributed by atoms with van der Waals surface area (Å²) in [4.78, 5) is 2.76. The highest BCUT2D eigenvalue weighted by atomic mass is 15.2. The number of nitrogens with zero attached hydrogens (tertiary/aromatic N) is 1. The van der Waals surface area contributed by atoms with E-state index in [4.69, 9.17) is 0 Å². The second kappa shape index (κ2) is 2.73. The van der Waals surface area contributed by atoms with Gasteiger partial charge in [0.25, 0.3) is 0 Å². The molecule has 1 nitrogen and oxygen atoms in total. The Balaban J connectivity index is 2.09. The van der Waals surface area contributed by atoms with E-state index in [1.54, 1.807) is 0 Å². The molecule has 0 aromatic carbocycles. The monoisotopic (exact) mass is 167 g/mol. The van der Waals surface area contributed by atoms with E-state index in [2.05, 4.69) is 25.7 Å². The van der Waals surface area contributed by atoms with E-state index in [1.165, 1.54) is 32.2 Å². The Bertz CT molecular complexity index is 168. The van der Waals surface area contributed by atoms with Crippen LogP contribution in [0.25, 0.3) is 0 Å². The lowest BCUT2D eigenvalue weighted by atomic mass is 9.85. The summed E-state index contributed by atoms with van der Waals surface area (Å²) in [5.74, 6) is 0. The molecule has 12 heavy (non-hydrogen) atoms. The number of hydrogen-bond donors (Lipinski definition) is 0. The Labute approximate surface area is 76.1 Å². The molecule has 0 saturated carbocycles. The topological polar surface area (TPSA) is 3.24 Å². The Hall–Kier alpha value is -0.0400. The van der Waals surface area contributed by atoms with Crippen LogP contribution in [0.5, 0.6) is 0 Å². The largest absolute Gasteiger partial charge is 0.297 e. The molecule has 0 spiro atoms. The highest BCUT2D eigenvalue weighted by Crippen LogP contribution is 2.40. The van der Waals surface area contributed by atoms with Crippen LogP contribution < -0.4 is 0 Å². The van der Waals surface area contributed by atoms with Gasteiger partial charge in [-0.3, -0.25) is 4.90 Å². The Morgan fingerprint density at radius 1 is 1.08 bits per heavy atom. The fraction of sp³-hybridized carbons (Fsp3) is 1.00. The summed E-state index contributed by atoms with van der Waals surface area (Å²) < 4.78 is 0. The first-order valence-electron chi connectivity index (χ1n) is 5.35. The summed E-state index contributed by atoms with van der Waals surface area (Å²) in [6.07, 6.45) is 5.81. The first kappa shape index (κ1) is 8.55. The summed E-state index contributed by atoms with van der Waals surface area (Å²) >= 11 is 0. The number of rotatable bonds is 0. The van der Waals surface area contributed by atoms with E-state index < -0.39 is 0 Å². The first-order valence-corrected chi connectivity index (χ1v) is 5.35. The number of fused-ring (bicyclic) bond motifs is 1. The molecule has 1 heteroatoms. The maximum absolute atomic E-state index is 2.76. The summed E-state index contributed by atoms with van der Waals surface area (Å²) in [7, 11) is 0. The van der Waals surface area contributed by atoms with Crippen LogP contribution in [0, 0.1) is 5.41 Å². The van der Waals surface area contributed by atoms with Gasteiger partial charge in [0.1, 0.15) is 0 Å². The molecule has 2 aliphatic rings. The molecule has 2 saturated heterocycles. The smallest absolute Gasteiger partial charge is 0.0147 e. The van der Waals surface area contributed by atoms with Gasteiger partial charge in [0.15, 0.2) is 0 Å². The fourth-order valence-corrected chi connectivity index (χ4v) is 3.02. The molecule has 2 rings (SSSR count). The van der Waals surface area contributed by atoms with Crippen molar-refractivity contribution in [3.05, 3.63) is 0 Å². The van der Waals surface area contributed by atoms with Crippen LogP contribution in [-0.4, -0.2) is 23.5 Å². The maximum Gasteiger partial charge on any atom is 0.0147 e. The molecule has 2 atom stereocenters. The molecule has 0 radical (unpaired) electrons. The van der Waals surface area contributed by atoms with E-state index in [-0.39, 0.29) is 0 Å². The van der Waals surface area contributed by atoms with Crippen molar-refractivity contribution >= 4 is 0 Å². The first-order chi connectivity index (χ1) is 5.59. The summed E-state index contributed by atoms with van der Waals surface area (Å²) in [5.41, 5.74) is 0.499. The van der Waals surface area contributed by atoms with Gasteiger partial charge in [-0.25, -0.2) is 0 Å². The van der Waals surface area contributed by atoms with Crippen LogP contribution in [0.15, 0.2) is 0 Å². The van der Waals surface area contributed by atoms with Crippen LogP contribution >= 0.6 is 0 Å². The second-order valence-electron chi connectivity index (χ2n) is 5.49. The van der Waals surface area contributed by atoms with Crippen molar-refractivity contribution in [3.63, 3.8) is 0 Å². The second-order valence-corrected chi connectivity index (χ2v) is 5.49. The average Bonchev–Trinajstić information content (AvgIpc) is 2.37. The van der Waals surface area contributed by atoms with Gasteiger partial charge in [-0.15, -0.1) is 0 Å². The average molecular weight is 167 g/mol. The minimum absolute atomic E-state index is 0.499. The van der Waals surface area contributed by atoms with Crippen molar-refractivity contribution in [2.24, 2.45) is 5.41 Å². The molecule has 2 fully saturated rings. The standard InChI is InChI=1S/C11H21N/c1-11(2,3)10-7-6-9-5-4-8-12(9)10/h9-10H,4-8H2,1-3H3/t9-,10-/m0/s1. The van der Waals surface area contributed by atoms with Crippen LogP contribution in [0.4, 0.5) is 0 Å². The zero-order valence-corrected chi connectivity index (χ0v) is 8.64. The lowest BCUT2D eigenvalue weighted by Gasteiger charge is -2.34. The van der Waals surface area contributed by atoms with Crippen molar-refractivity contribution in [1.29, 1.82) is 0 Å². The summed E-state index contributed by atoms with van der Waals surface area (Å²) in [6.45, 7) is 8.53. The third-order valence-corrected chi connectivity index (χ3v) is 3.60. The molecule has 0 aromatic rings. The van der Waals surface area contributed by atoms with Crippen molar-refractivity contribution in [2.75, 3.05) is 6.54 Å². The molecule has 0 unspecified atom stereocenters. The van der Waals surface area contributed by atoms with Gasteiger partial charge in [-0.1, -0.05) is 20.8 Å². The van der Waals surface area contributed by atoms with Gasteiger partial charge in [0.05, 0.1) is 0 Å². The third-order valence-electron chi connectivity index (χ3n) is 3.60. The predicted octanol–water partition coefficient (Wildman–Crippen LogP) is 2.66. The van der Waals surface area contributed by atoms with Gasteiger partial charge < -0.3 is 0 Å². The molecule has 0 N–H and O–H groups in total. The Morgan fingerprint density at radius 3 is 2.50 bits per heavy atom. The zero-order chi connectivity index (χ0) is 8.77. The van der Waals surface area contributed by atoms with Crippen molar-refractivity contribution < 1.29 is 0 Å². The molecular weight excluding hydrogens is 146 g/mol. The quantitative estimate of drug-likeness (QED) is 0.536. The lowest BCUT2D eigenvalue weighted by molar-refractivity contribution is 0.137. The van der Waals surface area contributed by atoms with Crippen LogP contribution in [-0.2, 0) is 0 Å². The van der Waals surface area contributed by atoms with Crippen LogP contribution in [0.3, 0.4) is 0 Å². The lowest BCUT2D eigenvalue weighted by Crippen LogP contribution is -2.40. The zero-order valence-electron chi connectivity index (χ0n) is 8.64. The van der Waals surface area contributed by atoms with Gasteiger partial charge in [-0.05, 0) is 37.6 Å². The van der Waals surface area contributed by atoms with Crippen molar-refractivity contribution in [3.8, 4) is 0 Å². The van der Waals surface area contributed by atoms with Crippen LogP contribution in [0.1, 0.15) is 46.5 Å². The molecule has 0 bridgehead atoms. The number of hydrogen-bond acceptors (Lipinski definition) is 1. The van der Waals surface area contributed by atoms with Gasteiger partial charge >= 0.3 is 0 Å².